The van der Waals surface area contributed by atoms with Crippen molar-refractivity contribution in [3.05, 3.63) is 51.1 Å². The van der Waals surface area contributed by atoms with Crippen molar-refractivity contribution in [2.75, 3.05) is 33.2 Å². The van der Waals surface area contributed by atoms with Gasteiger partial charge in [-0.2, -0.15) is 0 Å². The van der Waals surface area contributed by atoms with E-state index in [1.54, 1.807) is 31.4 Å². The lowest BCUT2D eigenvalue weighted by molar-refractivity contribution is 0.100. The number of nitrogens with two attached hydrogens (primary N) is 1. The number of halogens is 1. The lowest BCUT2D eigenvalue weighted by atomic mass is 10.0. The molecule has 0 aromatic heterocycles. The van der Waals surface area contributed by atoms with E-state index in [9.17, 15) is 4.79 Å². The minimum Gasteiger partial charge on any atom is -0.492 e. The third-order valence-electron chi connectivity index (χ3n) is 4.83. The van der Waals surface area contributed by atoms with Crippen LogP contribution in [0.25, 0.3) is 6.08 Å². The number of Topliss-reactive ketones (excluding diaryl/α,β-unsaturated/α-hetero) is 1. The fourth-order valence-electron chi connectivity index (χ4n) is 3.44. The van der Waals surface area contributed by atoms with Crippen LogP contribution < -0.4 is 19.9 Å². The summed E-state index contributed by atoms with van der Waals surface area (Å²) in [5.41, 5.74) is 9.38. The fraction of sp³-hybridized carbons (Fsp3) is 0.250. The lowest BCUT2D eigenvalue weighted by Gasteiger charge is -2.20. The highest BCUT2D eigenvalue weighted by molar-refractivity contribution is 9.10. The summed E-state index contributed by atoms with van der Waals surface area (Å²) in [6.07, 6.45) is 2.59. The van der Waals surface area contributed by atoms with Crippen molar-refractivity contribution in [1.82, 2.24) is 4.90 Å². The number of nitrogens with zero attached hydrogens (tertiary/aromatic N) is 1. The minimum absolute atomic E-state index is 0.0894. The average molecular weight is 431 g/mol. The standard InChI is InChI=1S/C20H19BrN2O4/c1-23-7-6-13-14(18(25-2)20-19(16(13)21)26-10-27-20)9-15(23)17(24)11-4-3-5-12(22)8-11/h3-5,8-9H,6-7,10,22H2,1-2H3. The molecule has 0 radical (unpaired) electrons. The van der Waals surface area contributed by atoms with Crippen LogP contribution in [0.2, 0.25) is 0 Å². The average Bonchev–Trinajstić information content (AvgIpc) is 3.08. The molecule has 0 saturated carbocycles. The molecule has 27 heavy (non-hydrogen) atoms. The molecular formula is C20H19BrN2O4. The largest absolute Gasteiger partial charge is 0.492 e. The molecule has 2 aromatic rings. The first-order valence-electron chi connectivity index (χ1n) is 8.52. The third kappa shape index (κ3) is 2.92. The summed E-state index contributed by atoms with van der Waals surface area (Å²) in [5, 5.41) is 0. The van der Waals surface area contributed by atoms with Crippen LogP contribution in [0.15, 0.2) is 34.4 Å². The van der Waals surface area contributed by atoms with Crippen LogP contribution in [-0.2, 0) is 6.42 Å². The molecular weight excluding hydrogens is 412 g/mol. The molecule has 0 bridgehead atoms. The zero-order valence-electron chi connectivity index (χ0n) is 15.0. The molecule has 140 valence electrons. The second-order valence-corrected chi connectivity index (χ2v) is 7.25. The number of methoxy groups -OCH3 is 1. The van der Waals surface area contributed by atoms with E-state index in [-0.39, 0.29) is 12.6 Å². The van der Waals surface area contributed by atoms with E-state index in [2.05, 4.69) is 15.9 Å². The Bertz CT molecular complexity index is 971. The summed E-state index contributed by atoms with van der Waals surface area (Å²) in [7, 11) is 3.50. The Labute approximate surface area is 165 Å². The highest BCUT2D eigenvalue weighted by atomic mass is 79.9. The van der Waals surface area contributed by atoms with Crippen molar-refractivity contribution in [3.63, 3.8) is 0 Å². The first-order valence-corrected chi connectivity index (χ1v) is 9.31. The molecule has 4 rings (SSSR count). The number of carbonyl (C=O) groups excluding carboxylic acids is 1. The Kier molecular flexibility index (Phi) is 4.47. The van der Waals surface area contributed by atoms with Crippen molar-refractivity contribution in [2.24, 2.45) is 0 Å². The molecule has 0 unspecified atom stereocenters. The number of allylic oxidation sites excluding steroid dienone is 1. The van der Waals surface area contributed by atoms with Gasteiger partial charge in [0.1, 0.15) is 0 Å². The smallest absolute Gasteiger partial charge is 0.231 e. The number of anilines is 1. The molecule has 0 spiro atoms. The summed E-state index contributed by atoms with van der Waals surface area (Å²) in [4.78, 5) is 15.1. The Morgan fingerprint density at radius 1 is 1.30 bits per heavy atom. The van der Waals surface area contributed by atoms with Crippen molar-refractivity contribution >= 4 is 33.5 Å². The number of ether oxygens (including phenoxy) is 3. The normalized spacial score (nSPS) is 15.1. The number of likely N-dealkylation sites (N-methyl/N-ethyl adjacent to an activating group) is 1. The van der Waals surface area contributed by atoms with Gasteiger partial charge in [0, 0.05) is 30.4 Å². The van der Waals surface area contributed by atoms with E-state index >= 15 is 0 Å². The van der Waals surface area contributed by atoms with Crippen LogP contribution in [0, 0.1) is 0 Å². The van der Waals surface area contributed by atoms with Crippen molar-refractivity contribution in [2.45, 2.75) is 6.42 Å². The summed E-state index contributed by atoms with van der Waals surface area (Å²) >= 11 is 3.64. The van der Waals surface area contributed by atoms with Gasteiger partial charge in [0.05, 0.1) is 17.3 Å². The molecule has 6 nitrogen and oxygen atoms in total. The van der Waals surface area contributed by atoms with Crippen LogP contribution >= 0.6 is 15.9 Å². The van der Waals surface area contributed by atoms with E-state index < -0.39 is 0 Å². The number of carbonyl (C=O) groups is 1. The zero-order valence-corrected chi connectivity index (χ0v) is 16.6. The predicted molar refractivity (Wildman–Crippen MR) is 106 cm³/mol. The maximum Gasteiger partial charge on any atom is 0.231 e. The maximum atomic E-state index is 13.2. The quantitative estimate of drug-likeness (QED) is 0.593. The number of hydrogen-bond acceptors (Lipinski definition) is 6. The Morgan fingerprint density at radius 2 is 2.07 bits per heavy atom. The number of rotatable bonds is 3. The van der Waals surface area contributed by atoms with Crippen LogP contribution in [0.4, 0.5) is 5.69 Å². The van der Waals surface area contributed by atoms with Gasteiger partial charge < -0.3 is 24.8 Å². The first-order chi connectivity index (χ1) is 13.0. The van der Waals surface area contributed by atoms with Gasteiger partial charge in [-0.3, -0.25) is 4.79 Å². The van der Waals surface area contributed by atoms with E-state index in [4.69, 9.17) is 19.9 Å². The number of nitrogen functional groups attached to an aromatic ring is 1. The summed E-state index contributed by atoms with van der Waals surface area (Å²) in [5.74, 6) is 1.69. The molecule has 2 aliphatic rings. The molecule has 2 N–H and O–H groups in total. The van der Waals surface area contributed by atoms with Gasteiger partial charge >= 0.3 is 0 Å². The number of hydrogen-bond donors (Lipinski definition) is 1. The van der Waals surface area contributed by atoms with Gasteiger partial charge in [0.2, 0.25) is 18.3 Å². The van der Waals surface area contributed by atoms with E-state index in [1.165, 1.54) is 0 Å². The maximum absolute atomic E-state index is 13.2. The summed E-state index contributed by atoms with van der Waals surface area (Å²) in [6, 6.07) is 7.00. The Balaban J connectivity index is 1.89. The van der Waals surface area contributed by atoms with Gasteiger partial charge in [0.15, 0.2) is 11.5 Å². The molecule has 7 heteroatoms. The SMILES string of the molecule is COc1c2c(c(Br)c3c1OCO3)CCN(C)C(C(=O)c1cccc(N)c1)=C2. The molecule has 2 aliphatic heterocycles. The van der Waals surface area contributed by atoms with Crippen LogP contribution in [0.1, 0.15) is 21.5 Å². The molecule has 2 aromatic carbocycles. The summed E-state index contributed by atoms with van der Waals surface area (Å²) in [6.45, 7) is 0.820. The van der Waals surface area contributed by atoms with Crippen molar-refractivity contribution in [1.29, 1.82) is 0 Å². The molecule has 0 aliphatic carbocycles. The van der Waals surface area contributed by atoms with Crippen molar-refractivity contribution < 1.29 is 19.0 Å². The third-order valence-corrected chi connectivity index (χ3v) is 5.67. The summed E-state index contributed by atoms with van der Waals surface area (Å²) < 4.78 is 17.7. The van der Waals surface area contributed by atoms with E-state index in [0.717, 1.165) is 22.0 Å². The molecule has 0 amide bonds. The van der Waals surface area contributed by atoms with E-state index in [1.807, 2.05) is 18.0 Å². The minimum atomic E-state index is -0.0894. The van der Waals surface area contributed by atoms with Crippen LogP contribution in [0.3, 0.4) is 0 Å². The van der Waals surface area contributed by atoms with Crippen LogP contribution in [0.5, 0.6) is 17.2 Å². The van der Waals surface area contributed by atoms with Gasteiger partial charge in [-0.15, -0.1) is 0 Å². The lowest BCUT2D eigenvalue weighted by Crippen LogP contribution is -2.24. The molecule has 0 fully saturated rings. The second kappa shape index (κ2) is 6.81. The predicted octanol–water partition coefficient (Wildman–Crippen LogP) is 3.48. The Hall–Kier alpha value is -2.67. The first kappa shape index (κ1) is 17.7. The molecule has 0 saturated heterocycles. The van der Waals surface area contributed by atoms with Gasteiger partial charge in [-0.25, -0.2) is 0 Å². The topological polar surface area (TPSA) is 74.0 Å². The van der Waals surface area contributed by atoms with Gasteiger partial charge in [0.25, 0.3) is 0 Å². The second-order valence-electron chi connectivity index (χ2n) is 6.46. The van der Waals surface area contributed by atoms with Gasteiger partial charge in [-0.1, -0.05) is 12.1 Å². The molecule has 2 heterocycles. The number of benzene rings is 2. The van der Waals surface area contributed by atoms with Gasteiger partial charge in [-0.05, 0) is 46.1 Å². The number of ketones is 1. The van der Waals surface area contributed by atoms with Crippen LogP contribution in [-0.4, -0.2) is 38.2 Å². The van der Waals surface area contributed by atoms with Crippen molar-refractivity contribution in [3.8, 4) is 17.2 Å². The monoisotopic (exact) mass is 430 g/mol. The molecule has 0 atom stereocenters. The highest BCUT2D eigenvalue weighted by Gasteiger charge is 2.31. The zero-order chi connectivity index (χ0) is 19.1. The highest BCUT2D eigenvalue weighted by Crippen LogP contribution is 2.51. The number of fused-ring (bicyclic) bond motifs is 2. The Morgan fingerprint density at radius 3 is 2.81 bits per heavy atom. The fourth-order valence-corrected chi connectivity index (χ4v) is 4.14. The van der Waals surface area contributed by atoms with E-state index in [0.29, 0.717) is 40.7 Å².